The Hall–Kier alpha value is -1.12. The molecule has 1 N–H and O–H groups in total. The van der Waals surface area contributed by atoms with Gasteiger partial charge in [0.25, 0.3) is 0 Å². The average molecular weight is 291 g/mol. The first-order valence-electron chi connectivity index (χ1n) is 8.12. The van der Waals surface area contributed by atoms with Gasteiger partial charge in [-0.1, -0.05) is 19.3 Å². The number of piperidine rings is 1. The number of rotatable bonds is 4. The van der Waals surface area contributed by atoms with Crippen molar-refractivity contribution in [3.63, 3.8) is 0 Å². The van der Waals surface area contributed by atoms with Gasteiger partial charge in [-0.25, -0.2) is 0 Å². The zero-order chi connectivity index (χ0) is 15.0. The van der Waals surface area contributed by atoms with Crippen LogP contribution in [-0.2, 0) is 4.79 Å². The number of likely N-dealkylation sites (N-methyl/N-ethyl adjacent to an activating group) is 1. The van der Waals surface area contributed by atoms with Gasteiger partial charge in [0.2, 0.25) is 5.91 Å². The van der Waals surface area contributed by atoms with Crippen LogP contribution in [-0.4, -0.2) is 59.6 Å². The molecule has 5 nitrogen and oxygen atoms in total. The maximum atomic E-state index is 12.5. The van der Waals surface area contributed by atoms with Gasteiger partial charge in [-0.3, -0.25) is 9.69 Å². The number of aliphatic hydroxyl groups excluding tert-OH is 1. The molecular weight excluding hydrogens is 266 g/mol. The molecule has 5 heteroatoms. The van der Waals surface area contributed by atoms with Crippen molar-refractivity contribution in [3.05, 3.63) is 0 Å². The van der Waals surface area contributed by atoms with E-state index in [0.717, 1.165) is 38.8 Å². The molecule has 3 atom stereocenters. The number of nitrogens with zero attached hydrogens (tertiary/aromatic N) is 3. The highest BCUT2D eigenvalue weighted by atomic mass is 16.3. The summed E-state index contributed by atoms with van der Waals surface area (Å²) in [5.41, 5.74) is -0.578. The van der Waals surface area contributed by atoms with E-state index >= 15 is 0 Å². The highest BCUT2D eigenvalue weighted by Gasteiger charge is 2.55. The third-order valence-electron chi connectivity index (χ3n) is 5.92. The Morgan fingerprint density at radius 3 is 2.48 bits per heavy atom. The molecule has 0 spiro atoms. The van der Waals surface area contributed by atoms with Crippen LogP contribution in [0.4, 0.5) is 0 Å². The van der Waals surface area contributed by atoms with E-state index in [-0.39, 0.29) is 12.5 Å². The number of likely N-dealkylation sites (tertiary alicyclic amines) is 1. The lowest BCUT2D eigenvalue weighted by molar-refractivity contribution is -0.136. The fraction of sp³-hybridized carbons (Fsp3) is 0.875. The summed E-state index contributed by atoms with van der Waals surface area (Å²) in [4.78, 5) is 16.4. The quantitative estimate of drug-likeness (QED) is 0.833. The second-order valence-electron chi connectivity index (χ2n) is 7.03. The van der Waals surface area contributed by atoms with E-state index in [4.69, 9.17) is 0 Å². The Kier molecular flexibility index (Phi) is 3.94. The Balaban J connectivity index is 1.55. The number of nitriles is 1. The van der Waals surface area contributed by atoms with Gasteiger partial charge in [0.15, 0.2) is 0 Å². The van der Waals surface area contributed by atoms with Crippen molar-refractivity contribution in [2.45, 2.75) is 37.6 Å². The van der Waals surface area contributed by atoms with Gasteiger partial charge in [0.1, 0.15) is 5.54 Å². The maximum Gasteiger partial charge on any atom is 0.237 e. The first kappa shape index (κ1) is 14.8. The number of hydrogen-bond donors (Lipinski definition) is 1. The first-order chi connectivity index (χ1) is 10.1. The largest absolute Gasteiger partial charge is 0.396 e. The molecule has 3 fully saturated rings. The molecule has 2 saturated carbocycles. The van der Waals surface area contributed by atoms with Gasteiger partial charge >= 0.3 is 0 Å². The molecule has 0 aromatic heterocycles. The van der Waals surface area contributed by atoms with Gasteiger partial charge in [0, 0.05) is 26.7 Å². The molecule has 3 aliphatic rings. The second kappa shape index (κ2) is 5.58. The van der Waals surface area contributed by atoms with E-state index < -0.39 is 5.54 Å². The van der Waals surface area contributed by atoms with E-state index in [1.54, 1.807) is 11.9 Å². The van der Waals surface area contributed by atoms with Crippen LogP contribution in [0.2, 0.25) is 0 Å². The van der Waals surface area contributed by atoms with Gasteiger partial charge in [-0.2, -0.15) is 5.26 Å². The molecule has 21 heavy (non-hydrogen) atoms. The van der Waals surface area contributed by atoms with Crippen molar-refractivity contribution < 1.29 is 9.90 Å². The lowest BCUT2D eigenvalue weighted by atomic mass is 9.81. The fourth-order valence-corrected chi connectivity index (χ4v) is 4.33. The monoisotopic (exact) mass is 291 g/mol. The van der Waals surface area contributed by atoms with Crippen LogP contribution in [0.25, 0.3) is 0 Å². The summed E-state index contributed by atoms with van der Waals surface area (Å²) in [6.45, 7) is 2.56. The fourth-order valence-electron chi connectivity index (χ4n) is 4.33. The minimum atomic E-state index is -0.578. The molecule has 116 valence electrons. The third kappa shape index (κ3) is 2.56. The summed E-state index contributed by atoms with van der Waals surface area (Å²) >= 11 is 0. The highest BCUT2D eigenvalue weighted by molar-refractivity contribution is 5.79. The molecule has 0 radical (unpaired) electrons. The van der Waals surface area contributed by atoms with Crippen molar-refractivity contribution in [2.24, 2.45) is 17.8 Å². The molecule has 1 amide bonds. The van der Waals surface area contributed by atoms with Crippen LogP contribution in [0.5, 0.6) is 0 Å². The minimum Gasteiger partial charge on any atom is -0.396 e. The predicted molar refractivity (Wildman–Crippen MR) is 78.2 cm³/mol. The van der Waals surface area contributed by atoms with Gasteiger partial charge in [-0.15, -0.1) is 0 Å². The summed E-state index contributed by atoms with van der Waals surface area (Å²) in [7, 11) is 1.80. The third-order valence-corrected chi connectivity index (χ3v) is 5.92. The van der Waals surface area contributed by atoms with Gasteiger partial charge < -0.3 is 10.0 Å². The zero-order valence-electron chi connectivity index (χ0n) is 12.8. The van der Waals surface area contributed by atoms with Gasteiger partial charge in [0.05, 0.1) is 12.6 Å². The van der Waals surface area contributed by atoms with Gasteiger partial charge in [-0.05, 0) is 30.6 Å². The number of hydrogen-bond acceptors (Lipinski definition) is 4. The van der Waals surface area contributed by atoms with Crippen molar-refractivity contribution >= 4 is 5.91 Å². The predicted octanol–water partition coefficient (Wildman–Crippen LogP) is 0.841. The Bertz CT molecular complexity index is 441. The summed E-state index contributed by atoms with van der Waals surface area (Å²) in [5, 5.41) is 18.7. The van der Waals surface area contributed by atoms with Crippen LogP contribution in [0, 0.1) is 29.1 Å². The Morgan fingerprint density at radius 2 is 1.95 bits per heavy atom. The van der Waals surface area contributed by atoms with Crippen molar-refractivity contribution in [3.8, 4) is 6.07 Å². The van der Waals surface area contributed by atoms with Crippen LogP contribution < -0.4 is 0 Å². The van der Waals surface area contributed by atoms with Crippen LogP contribution >= 0.6 is 0 Å². The van der Waals surface area contributed by atoms with E-state index in [1.807, 2.05) is 0 Å². The number of aliphatic hydroxyl groups is 1. The summed E-state index contributed by atoms with van der Waals surface area (Å²) in [6.07, 6.45) is 4.87. The van der Waals surface area contributed by atoms with Crippen molar-refractivity contribution in [2.75, 3.05) is 33.3 Å². The number of amides is 1. The molecule has 2 aliphatic carbocycles. The van der Waals surface area contributed by atoms with Crippen LogP contribution in [0.1, 0.15) is 32.1 Å². The molecular formula is C16H25N3O2. The standard InChI is InChI=1S/C16H25N3O2/c1-18(16(11-17)5-3-2-4-6-16)15(21)9-19-7-12-13(8-19)14(12)10-20/h12-14,20H,2-10H2,1H3/t12-,13+,14?. The Labute approximate surface area is 126 Å². The molecule has 3 rings (SSSR count). The van der Waals surface area contributed by atoms with Crippen LogP contribution in [0.3, 0.4) is 0 Å². The summed E-state index contributed by atoms with van der Waals surface area (Å²) < 4.78 is 0. The van der Waals surface area contributed by atoms with E-state index in [0.29, 0.717) is 24.3 Å². The lowest BCUT2D eigenvalue weighted by Gasteiger charge is -2.39. The van der Waals surface area contributed by atoms with E-state index in [2.05, 4.69) is 11.0 Å². The van der Waals surface area contributed by atoms with Crippen molar-refractivity contribution in [1.82, 2.24) is 9.80 Å². The number of carbonyl (C=O) groups excluding carboxylic acids is 1. The highest BCUT2D eigenvalue weighted by Crippen LogP contribution is 2.51. The molecule has 0 aromatic carbocycles. The molecule has 0 aromatic rings. The average Bonchev–Trinajstić information content (AvgIpc) is 3.00. The summed E-state index contributed by atoms with van der Waals surface area (Å²) in [6, 6.07) is 2.41. The SMILES string of the molecule is CN(C(=O)CN1C[C@@H]2C(CO)[C@@H]2C1)C1(C#N)CCCCC1. The maximum absolute atomic E-state index is 12.5. The topological polar surface area (TPSA) is 67.6 Å². The van der Waals surface area contributed by atoms with Crippen molar-refractivity contribution in [1.29, 1.82) is 5.26 Å². The number of carbonyl (C=O) groups is 1. The number of fused-ring (bicyclic) bond motifs is 1. The minimum absolute atomic E-state index is 0.0697. The zero-order valence-corrected chi connectivity index (χ0v) is 12.8. The van der Waals surface area contributed by atoms with Crippen LogP contribution in [0.15, 0.2) is 0 Å². The molecule has 1 aliphatic heterocycles. The molecule has 1 heterocycles. The smallest absolute Gasteiger partial charge is 0.237 e. The normalized spacial score (nSPS) is 34.0. The second-order valence-corrected chi connectivity index (χ2v) is 7.03. The first-order valence-corrected chi connectivity index (χ1v) is 8.12. The molecule has 1 unspecified atom stereocenters. The van der Waals surface area contributed by atoms with E-state index in [9.17, 15) is 15.2 Å². The van der Waals surface area contributed by atoms with E-state index in [1.165, 1.54) is 6.42 Å². The molecule has 0 bridgehead atoms. The lowest BCUT2D eigenvalue weighted by Crippen LogP contribution is -2.52. The molecule has 1 saturated heterocycles. The Morgan fingerprint density at radius 1 is 1.33 bits per heavy atom. The summed E-state index contributed by atoms with van der Waals surface area (Å²) in [5.74, 6) is 1.72.